The molecule has 0 aliphatic carbocycles. The third-order valence-electron chi connectivity index (χ3n) is 3.48. The minimum absolute atomic E-state index is 0. The lowest BCUT2D eigenvalue weighted by Crippen LogP contribution is -2.48. The van der Waals surface area contributed by atoms with E-state index >= 15 is 0 Å². The molecule has 21 heavy (non-hydrogen) atoms. The second-order valence-corrected chi connectivity index (χ2v) is 5.03. The Bertz CT molecular complexity index is 550. The van der Waals surface area contributed by atoms with Crippen molar-refractivity contribution in [2.24, 2.45) is 5.92 Å². The van der Waals surface area contributed by atoms with Crippen LogP contribution in [0.3, 0.4) is 0 Å². The van der Waals surface area contributed by atoms with E-state index in [1.54, 1.807) is 0 Å². The Morgan fingerprint density at radius 1 is 1.29 bits per heavy atom. The predicted octanol–water partition coefficient (Wildman–Crippen LogP) is 1.67. The van der Waals surface area contributed by atoms with Crippen molar-refractivity contribution in [3.63, 3.8) is 0 Å². The van der Waals surface area contributed by atoms with Gasteiger partial charge in [-0.15, -0.1) is 24.8 Å². The number of hydrogen-bond acceptors (Lipinski definition) is 3. The summed E-state index contributed by atoms with van der Waals surface area (Å²) in [5, 5.41) is 6.16. The van der Waals surface area contributed by atoms with Crippen molar-refractivity contribution in [3.8, 4) is 0 Å². The molecule has 1 saturated heterocycles. The van der Waals surface area contributed by atoms with Gasteiger partial charge in [0, 0.05) is 38.4 Å². The van der Waals surface area contributed by atoms with Crippen LogP contribution in [0.1, 0.15) is 12.2 Å². The zero-order chi connectivity index (χ0) is 13.1. The van der Waals surface area contributed by atoms with Gasteiger partial charge in [-0.05, 0) is 12.1 Å². The number of rotatable bonds is 5. The van der Waals surface area contributed by atoms with Gasteiger partial charge in [0.05, 0.1) is 11.0 Å². The maximum Gasteiger partial charge on any atom is 0.220 e. The molecule has 3 rings (SSSR count). The molecular formula is C14H20Cl2N4O. The minimum Gasteiger partial charge on any atom is -0.356 e. The van der Waals surface area contributed by atoms with Gasteiger partial charge in [-0.3, -0.25) is 4.79 Å². The summed E-state index contributed by atoms with van der Waals surface area (Å²) >= 11 is 0. The normalized spacial score (nSPS) is 13.9. The molecule has 3 N–H and O–H groups in total. The number of fused-ring (bicyclic) bond motifs is 1. The number of aryl methyl sites for hydroxylation is 1. The molecule has 2 heterocycles. The molecule has 0 bridgehead atoms. The zero-order valence-electron chi connectivity index (χ0n) is 11.6. The van der Waals surface area contributed by atoms with E-state index in [1.165, 1.54) is 0 Å². The van der Waals surface area contributed by atoms with Crippen molar-refractivity contribution in [2.45, 2.75) is 12.8 Å². The number of halogens is 2. The van der Waals surface area contributed by atoms with E-state index in [4.69, 9.17) is 0 Å². The van der Waals surface area contributed by atoms with E-state index in [0.717, 1.165) is 36.5 Å². The van der Waals surface area contributed by atoms with Crippen molar-refractivity contribution in [1.29, 1.82) is 0 Å². The third-order valence-corrected chi connectivity index (χ3v) is 3.48. The SMILES string of the molecule is Cl.Cl.O=C(CCc1nc2ccccc2[nH]1)NCC1CNC1. The molecule has 0 saturated carbocycles. The Balaban J connectivity index is 0.00000110. The largest absolute Gasteiger partial charge is 0.356 e. The van der Waals surface area contributed by atoms with Crippen molar-refractivity contribution in [1.82, 2.24) is 20.6 Å². The molecule has 0 spiro atoms. The molecular weight excluding hydrogens is 311 g/mol. The first kappa shape index (κ1) is 17.8. The van der Waals surface area contributed by atoms with Gasteiger partial charge < -0.3 is 15.6 Å². The lowest BCUT2D eigenvalue weighted by molar-refractivity contribution is -0.121. The van der Waals surface area contributed by atoms with E-state index in [9.17, 15) is 4.79 Å². The predicted molar refractivity (Wildman–Crippen MR) is 88.3 cm³/mol. The van der Waals surface area contributed by atoms with Crippen molar-refractivity contribution >= 4 is 41.8 Å². The average Bonchev–Trinajstić information content (AvgIpc) is 2.77. The van der Waals surface area contributed by atoms with Crippen LogP contribution in [0.25, 0.3) is 11.0 Å². The van der Waals surface area contributed by atoms with Gasteiger partial charge in [0.2, 0.25) is 5.91 Å². The van der Waals surface area contributed by atoms with Crippen LogP contribution in [0.15, 0.2) is 24.3 Å². The van der Waals surface area contributed by atoms with Crippen LogP contribution in [0.2, 0.25) is 0 Å². The minimum atomic E-state index is 0. The maximum atomic E-state index is 11.7. The molecule has 2 aromatic rings. The lowest BCUT2D eigenvalue weighted by Gasteiger charge is -2.27. The number of benzene rings is 1. The number of carbonyl (C=O) groups is 1. The lowest BCUT2D eigenvalue weighted by atomic mass is 10.0. The van der Waals surface area contributed by atoms with Gasteiger partial charge in [-0.25, -0.2) is 4.98 Å². The number of nitrogens with zero attached hydrogens (tertiary/aromatic N) is 1. The summed E-state index contributed by atoms with van der Waals surface area (Å²) in [6, 6.07) is 7.91. The number of hydrogen-bond donors (Lipinski definition) is 3. The number of H-pyrrole nitrogens is 1. The number of amides is 1. The number of nitrogens with one attached hydrogen (secondary N) is 3. The van der Waals surface area contributed by atoms with Crippen molar-refractivity contribution in [2.75, 3.05) is 19.6 Å². The summed E-state index contributed by atoms with van der Waals surface area (Å²) < 4.78 is 0. The first-order valence-electron chi connectivity index (χ1n) is 6.72. The standard InChI is InChI=1S/C14H18N4O.2ClH/c19-14(16-9-10-7-15-8-10)6-5-13-17-11-3-1-2-4-12(11)18-13;;/h1-4,10,15H,5-9H2,(H,16,19)(H,17,18);2*1H. The molecule has 116 valence electrons. The van der Waals surface area contributed by atoms with Gasteiger partial charge in [0.25, 0.3) is 0 Å². The molecule has 1 aliphatic heterocycles. The molecule has 1 aliphatic rings. The van der Waals surface area contributed by atoms with Gasteiger partial charge in [-0.1, -0.05) is 12.1 Å². The quantitative estimate of drug-likeness (QED) is 0.781. The van der Waals surface area contributed by atoms with E-state index in [1.807, 2.05) is 24.3 Å². The molecule has 1 aromatic carbocycles. The van der Waals surface area contributed by atoms with Crippen LogP contribution in [0.5, 0.6) is 0 Å². The van der Waals surface area contributed by atoms with E-state index in [0.29, 0.717) is 18.8 Å². The highest BCUT2D eigenvalue weighted by molar-refractivity contribution is 5.85. The van der Waals surface area contributed by atoms with Crippen LogP contribution in [0.4, 0.5) is 0 Å². The smallest absolute Gasteiger partial charge is 0.220 e. The topological polar surface area (TPSA) is 69.8 Å². The Labute approximate surface area is 136 Å². The van der Waals surface area contributed by atoms with Crippen LogP contribution in [0, 0.1) is 5.92 Å². The first-order chi connectivity index (χ1) is 9.31. The molecule has 1 amide bonds. The Morgan fingerprint density at radius 2 is 2.05 bits per heavy atom. The fourth-order valence-corrected chi connectivity index (χ4v) is 2.20. The van der Waals surface area contributed by atoms with Gasteiger partial charge in [0.1, 0.15) is 5.82 Å². The number of carbonyl (C=O) groups excluding carboxylic acids is 1. The number of aromatic nitrogens is 2. The average molecular weight is 331 g/mol. The van der Waals surface area contributed by atoms with Crippen LogP contribution in [-0.4, -0.2) is 35.5 Å². The summed E-state index contributed by atoms with van der Waals surface area (Å²) in [5.41, 5.74) is 1.98. The van der Waals surface area contributed by atoms with E-state index in [-0.39, 0.29) is 30.7 Å². The highest BCUT2D eigenvalue weighted by Gasteiger charge is 2.17. The number of imidazole rings is 1. The van der Waals surface area contributed by atoms with Gasteiger partial charge in [-0.2, -0.15) is 0 Å². The second kappa shape index (κ2) is 8.22. The Kier molecular flexibility index (Phi) is 6.95. The number of para-hydroxylation sites is 2. The zero-order valence-corrected chi connectivity index (χ0v) is 13.2. The molecule has 1 aromatic heterocycles. The summed E-state index contributed by atoms with van der Waals surface area (Å²) in [6.07, 6.45) is 1.14. The summed E-state index contributed by atoms with van der Waals surface area (Å²) in [5.74, 6) is 1.59. The summed E-state index contributed by atoms with van der Waals surface area (Å²) in [7, 11) is 0. The highest BCUT2D eigenvalue weighted by atomic mass is 35.5. The van der Waals surface area contributed by atoms with Crippen LogP contribution in [-0.2, 0) is 11.2 Å². The molecule has 0 radical (unpaired) electrons. The molecule has 5 nitrogen and oxygen atoms in total. The van der Waals surface area contributed by atoms with Crippen LogP contribution >= 0.6 is 24.8 Å². The van der Waals surface area contributed by atoms with Gasteiger partial charge in [0.15, 0.2) is 0 Å². The summed E-state index contributed by atoms with van der Waals surface area (Å²) in [6.45, 7) is 2.82. The van der Waals surface area contributed by atoms with Crippen LogP contribution < -0.4 is 10.6 Å². The number of aromatic amines is 1. The van der Waals surface area contributed by atoms with E-state index < -0.39 is 0 Å². The Morgan fingerprint density at radius 3 is 2.71 bits per heavy atom. The highest BCUT2D eigenvalue weighted by Crippen LogP contribution is 2.11. The first-order valence-corrected chi connectivity index (χ1v) is 6.72. The summed E-state index contributed by atoms with van der Waals surface area (Å²) in [4.78, 5) is 19.4. The van der Waals surface area contributed by atoms with Gasteiger partial charge >= 0.3 is 0 Å². The second-order valence-electron chi connectivity index (χ2n) is 5.03. The third kappa shape index (κ3) is 4.59. The Hall–Kier alpha value is -1.30. The fourth-order valence-electron chi connectivity index (χ4n) is 2.20. The molecule has 0 atom stereocenters. The van der Waals surface area contributed by atoms with Crippen molar-refractivity contribution < 1.29 is 4.79 Å². The maximum absolute atomic E-state index is 11.7. The fraction of sp³-hybridized carbons (Fsp3) is 0.429. The monoisotopic (exact) mass is 330 g/mol. The molecule has 0 unspecified atom stereocenters. The molecule has 7 heteroatoms. The molecule has 1 fully saturated rings. The van der Waals surface area contributed by atoms with E-state index in [2.05, 4.69) is 20.6 Å². The van der Waals surface area contributed by atoms with Crippen molar-refractivity contribution in [3.05, 3.63) is 30.1 Å².